The Hall–Kier alpha value is -3.45. The number of carboxylic acid groups (broad SMARTS) is 1. The number of aromatic nitrogens is 2. The minimum absolute atomic E-state index is 0.0188. The molecule has 0 unspecified atom stereocenters. The van der Waals surface area contributed by atoms with Crippen LogP contribution in [0.1, 0.15) is 40.2 Å². The third kappa shape index (κ3) is 4.89. The van der Waals surface area contributed by atoms with Crippen LogP contribution in [0.3, 0.4) is 0 Å². The minimum atomic E-state index is -1.11. The van der Waals surface area contributed by atoms with Crippen LogP contribution in [0.4, 0.5) is 0 Å². The fourth-order valence-corrected chi connectivity index (χ4v) is 4.56. The maximum Gasteiger partial charge on any atom is 0.337 e. The van der Waals surface area contributed by atoms with Gasteiger partial charge in [-0.2, -0.15) is 0 Å². The zero-order valence-electron chi connectivity index (χ0n) is 17.8. The van der Waals surface area contributed by atoms with Gasteiger partial charge < -0.3 is 9.84 Å². The SMILES string of the molecule is Cc1cccc(OCCCCn2c(Cc3ccccc3)nc3scc(C(=O)O)c3c2=O)c1. The second kappa shape index (κ2) is 9.78. The maximum absolute atomic E-state index is 13.3. The Morgan fingerprint density at radius 2 is 1.94 bits per heavy atom. The van der Waals surface area contributed by atoms with E-state index >= 15 is 0 Å². The largest absolute Gasteiger partial charge is 0.494 e. The number of thiophene rings is 1. The molecule has 0 saturated carbocycles. The molecule has 0 saturated heterocycles. The Kier molecular flexibility index (Phi) is 6.66. The number of aromatic carboxylic acids is 1. The van der Waals surface area contributed by atoms with Crippen molar-refractivity contribution in [3.8, 4) is 5.75 Å². The molecule has 0 spiro atoms. The van der Waals surface area contributed by atoms with Crippen LogP contribution < -0.4 is 10.3 Å². The molecule has 1 N–H and O–H groups in total. The van der Waals surface area contributed by atoms with Gasteiger partial charge in [0.15, 0.2) is 0 Å². The number of hydrogen-bond donors (Lipinski definition) is 1. The Labute approximate surface area is 189 Å². The maximum atomic E-state index is 13.3. The lowest BCUT2D eigenvalue weighted by molar-refractivity contribution is 0.0699. The Balaban J connectivity index is 1.55. The van der Waals surface area contributed by atoms with Crippen LogP contribution in [0.15, 0.2) is 64.8 Å². The van der Waals surface area contributed by atoms with Gasteiger partial charge >= 0.3 is 5.97 Å². The van der Waals surface area contributed by atoms with Gasteiger partial charge in [0.2, 0.25) is 0 Å². The molecule has 0 aliphatic rings. The number of hydrogen-bond acceptors (Lipinski definition) is 5. The standard InChI is InChI=1S/C25H24N2O4S/c1-17-8-7-11-19(14-17)31-13-6-5-12-27-21(15-18-9-3-2-4-10-18)26-23-22(24(27)28)20(16-32-23)25(29)30/h2-4,7-11,14,16H,5-6,12-13,15H2,1H3,(H,29,30). The van der Waals surface area contributed by atoms with E-state index < -0.39 is 5.97 Å². The molecule has 0 atom stereocenters. The van der Waals surface area contributed by atoms with Gasteiger partial charge in [-0.3, -0.25) is 9.36 Å². The fraction of sp³-hybridized carbons (Fsp3) is 0.240. The zero-order chi connectivity index (χ0) is 22.5. The summed E-state index contributed by atoms with van der Waals surface area (Å²) >= 11 is 1.20. The summed E-state index contributed by atoms with van der Waals surface area (Å²) in [6.07, 6.45) is 1.98. The number of ether oxygens (including phenoxy) is 1. The molecular formula is C25H24N2O4S. The van der Waals surface area contributed by atoms with Crippen molar-refractivity contribution in [3.63, 3.8) is 0 Å². The summed E-state index contributed by atoms with van der Waals surface area (Å²) in [5, 5.41) is 11.2. The van der Waals surface area contributed by atoms with Crippen LogP contribution in [0, 0.1) is 6.92 Å². The van der Waals surface area contributed by atoms with Gasteiger partial charge in [-0.1, -0.05) is 42.5 Å². The smallest absolute Gasteiger partial charge is 0.337 e. The van der Waals surface area contributed by atoms with Crippen molar-refractivity contribution in [2.45, 2.75) is 32.7 Å². The van der Waals surface area contributed by atoms with Crippen molar-refractivity contribution in [2.24, 2.45) is 0 Å². The molecule has 2 aromatic carbocycles. The first kappa shape index (κ1) is 21.8. The van der Waals surface area contributed by atoms with Crippen LogP contribution in [-0.2, 0) is 13.0 Å². The second-order valence-corrected chi connectivity index (χ2v) is 8.51. The number of aryl methyl sites for hydroxylation is 1. The molecule has 0 bridgehead atoms. The van der Waals surface area contributed by atoms with Crippen LogP contribution >= 0.6 is 11.3 Å². The van der Waals surface area contributed by atoms with Crippen molar-refractivity contribution in [3.05, 3.63) is 92.8 Å². The van der Waals surface area contributed by atoms with Crippen molar-refractivity contribution < 1.29 is 14.6 Å². The van der Waals surface area contributed by atoms with E-state index in [4.69, 9.17) is 4.74 Å². The molecule has 4 rings (SSSR count). The second-order valence-electron chi connectivity index (χ2n) is 7.65. The molecule has 0 aliphatic carbocycles. The molecule has 0 fully saturated rings. The average molecular weight is 449 g/mol. The predicted molar refractivity (Wildman–Crippen MR) is 126 cm³/mol. The first-order valence-electron chi connectivity index (χ1n) is 10.5. The molecule has 6 nitrogen and oxygen atoms in total. The number of rotatable bonds is 9. The summed E-state index contributed by atoms with van der Waals surface area (Å²) < 4.78 is 7.44. The van der Waals surface area contributed by atoms with Crippen LogP contribution in [0.2, 0.25) is 0 Å². The number of carbonyl (C=O) groups is 1. The molecule has 7 heteroatoms. The van der Waals surface area contributed by atoms with Gasteiger partial charge in [0.1, 0.15) is 16.4 Å². The van der Waals surface area contributed by atoms with E-state index in [1.54, 1.807) is 4.57 Å². The highest BCUT2D eigenvalue weighted by atomic mass is 32.1. The number of nitrogens with zero attached hydrogens (tertiary/aromatic N) is 2. The summed E-state index contributed by atoms with van der Waals surface area (Å²) in [5.74, 6) is 0.371. The summed E-state index contributed by atoms with van der Waals surface area (Å²) in [4.78, 5) is 30.0. The van der Waals surface area contributed by atoms with Gasteiger partial charge in [0, 0.05) is 18.3 Å². The van der Waals surface area contributed by atoms with Crippen LogP contribution in [0.25, 0.3) is 10.2 Å². The third-order valence-electron chi connectivity index (χ3n) is 5.24. The lowest BCUT2D eigenvalue weighted by Crippen LogP contribution is -2.26. The highest BCUT2D eigenvalue weighted by molar-refractivity contribution is 7.17. The topological polar surface area (TPSA) is 81.4 Å². The van der Waals surface area contributed by atoms with Crippen molar-refractivity contribution in [1.82, 2.24) is 9.55 Å². The molecule has 164 valence electrons. The molecule has 0 aliphatic heterocycles. The van der Waals surface area contributed by atoms with Gasteiger partial charge in [-0.25, -0.2) is 9.78 Å². The van der Waals surface area contributed by atoms with Crippen molar-refractivity contribution >= 4 is 27.5 Å². The highest BCUT2D eigenvalue weighted by Crippen LogP contribution is 2.23. The monoisotopic (exact) mass is 448 g/mol. The van der Waals surface area contributed by atoms with Gasteiger partial charge in [-0.05, 0) is 43.0 Å². The quantitative estimate of drug-likeness (QED) is 0.368. The highest BCUT2D eigenvalue weighted by Gasteiger charge is 2.19. The lowest BCUT2D eigenvalue weighted by atomic mass is 10.1. The van der Waals surface area contributed by atoms with Crippen LogP contribution in [0.5, 0.6) is 5.75 Å². The normalized spacial score (nSPS) is 11.0. The van der Waals surface area contributed by atoms with Gasteiger partial charge in [0.05, 0.1) is 17.6 Å². The Bertz CT molecular complexity index is 1290. The molecular weight excluding hydrogens is 424 g/mol. The van der Waals surface area contributed by atoms with E-state index in [1.165, 1.54) is 16.7 Å². The Morgan fingerprint density at radius 1 is 1.12 bits per heavy atom. The fourth-order valence-electron chi connectivity index (χ4n) is 3.63. The molecule has 2 aromatic heterocycles. The van der Waals surface area contributed by atoms with E-state index in [9.17, 15) is 14.7 Å². The van der Waals surface area contributed by atoms with E-state index in [-0.39, 0.29) is 16.5 Å². The summed E-state index contributed by atoms with van der Waals surface area (Å²) in [5.41, 5.74) is 1.92. The minimum Gasteiger partial charge on any atom is -0.494 e. The molecule has 2 heterocycles. The zero-order valence-corrected chi connectivity index (χ0v) is 18.6. The van der Waals surface area contributed by atoms with E-state index in [2.05, 4.69) is 4.98 Å². The molecule has 4 aromatic rings. The molecule has 32 heavy (non-hydrogen) atoms. The number of benzene rings is 2. The first-order valence-corrected chi connectivity index (χ1v) is 11.4. The molecule has 0 radical (unpaired) electrons. The van der Waals surface area contributed by atoms with Gasteiger partial charge in [0.25, 0.3) is 5.56 Å². The van der Waals surface area contributed by atoms with Crippen molar-refractivity contribution in [2.75, 3.05) is 6.61 Å². The first-order chi connectivity index (χ1) is 15.5. The Morgan fingerprint density at radius 3 is 2.69 bits per heavy atom. The summed E-state index contributed by atoms with van der Waals surface area (Å²) in [6, 6.07) is 17.7. The predicted octanol–water partition coefficient (Wildman–Crippen LogP) is 4.91. The number of unbranched alkanes of at least 4 members (excludes halogenated alkanes) is 1. The lowest BCUT2D eigenvalue weighted by Gasteiger charge is -2.13. The van der Waals surface area contributed by atoms with E-state index in [0.717, 1.165) is 23.3 Å². The average Bonchev–Trinajstić information content (AvgIpc) is 3.21. The van der Waals surface area contributed by atoms with Crippen molar-refractivity contribution in [1.29, 1.82) is 0 Å². The number of carboxylic acids is 1. The van der Waals surface area contributed by atoms with Crippen LogP contribution in [-0.4, -0.2) is 27.2 Å². The van der Waals surface area contributed by atoms with E-state index in [1.807, 2.05) is 61.5 Å². The number of fused-ring (bicyclic) bond motifs is 1. The van der Waals surface area contributed by atoms with E-state index in [0.29, 0.717) is 36.6 Å². The third-order valence-corrected chi connectivity index (χ3v) is 6.11. The summed E-state index contributed by atoms with van der Waals surface area (Å²) in [6.45, 7) is 3.02. The molecule has 0 amide bonds. The summed E-state index contributed by atoms with van der Waals surface area (Å²) in [7, 11) is 0. The van der Waals surface area contributed by atoms with Gasteiger partial charge in [-0.15, -0.1) is 11.3 Å².